The number of hydrogen-bond acceptors (Lipinski definition) is 1. The third-order valence-electron chi connectivity index (χ3n) is 2.32. The zero-order valence-corrected chi connectivity index (χ0v) is 9.98. The molecule has 2 N–H and O–H groups in total. The Morgan fingerprint density at radius 1 is 1.19 bits per heavy atom. The Labute approximate surface area is 102 Å². The first kappa shape index (κ1) is 12.5. The number of nitrogen functional groups attached to an aromatic ring is 1. The van der Waals surface area contributed by atoms with Crippen LogP contribution in [0, 0.1) is 6.92 Å². The van der Waals surface area contributed by atoms with Gasteiger partial charge in [0.25, 0.3) is 0 Å². The molecule has 0 saturated carbocycles. The van der Waals surface area contributed by atoms with Gasteiger partial charge < -0.3 is 18.1 Å². The van der Waals surface area contributed by atoms with Gasteiger partial charge in [-0.1, -0.05) is 12.1 Å². The molecule has 0 amide bonds. The van der Waals surface area contributed by atoms with Crippen molar-refractivity contribution in [3.8, 4) is 0 Å². The van der Waals surface area contributed by atoms with Crippen LogP contribution >= 0.6 is 0 Å². The Hall–Kier alpha value is -1.54. The Morgan fingerprint density at radius 2 is 2.00 bits per heavy atom. The van der Waals surface area contributed by atoms with Crippen molar-refractivity contribution < 1.29 is 17.0 Å². The highest BCUT2D eigenvalue weighted by Gasteiger charge is 2.02. The number of rotatable bonds is 2. The van der Waals surface area contributed by atoms with Crippen molar-refractivity contribution in [2.75, 3.05) is 5.73 Å². The van der Waals surface area contributed by atoms with E-state index in [1.165, 1.54) is 11.1 Å². The molecule has 0 spiro atoms. The number of benzene rings is 1. The summed E-state index contributed by atoms with van der Waals surface area (Å²) in [6.45, 7) is 2.96. The van der Waals surface area contributed by atoms with E-state index in [1.54, 1.807) is 0 Å². The van der Waals surface area contributed by atoms with E-state index in [2.05, 4.69) is 42.1 Å². The molecule has 1 aromatic carbocycles. The van der Waals surface area contributed by atoms with E-state index >= 15 is 0 Å². The van der Waals surface area contributed by atoms with E-state index in [1.807, 2.05) is 18.2 Å². The van der Waals surface area contributed by atoms with Crippen molar-refractivity contribution in [1.82, 2.24) is 0 Å². The second-order valence-electron chi connectivity index (χ2n) is 3.80. The molecule has 0 aliphatic rings. The van der Waals surface area contributed by atoms with Gasteiger partial charge in [0.05, 0.1) is 0 Å². The molecule has 2 aromatic rings. The number of aryl methyl sites for hydroxylation is 1. The van der Waals surface area contributed by atoms with Gasteiger partial charge in [-0.05, 0) is 25.1 Å². The van der Waals surface area contributed by atoms with Crippen LogP contribution in [0.15, 0.2) is 48.8 Å². The van der Waals surface area contributed by atoms with Crippen LogP contribution in [0.25, 0.3) is 0 Å². The lowest BCUT2D eigenvalue weighted by molar-refractivity contribution is -0.688. The number of hydrogen-bond donors (Lipinski definition) is 1. The van der Waals surface area contributed by atoms with Crippen molar-refractivity contribution in [3.63, 3.8) is 0 Å². The normalized spacial score (nSPS) is 9.56. The number of halogens is 1. The summed E-state index contributed by atoms with van der Waals surface area (Å²) in [5, 5.41) is 0. The molecule has 0 radical (unpaired) electrons. The second-order valence-corrected chi connectivity index (χ2v) is 3.80. The van der Waals surface area contributed by atoms with Gasteiger partial charge in [0.15, 0.2) is 18.9 Å². The first-order valence-corrected chi connectivity index (χ1v) is 5.04. The van der Waals surface area contributed by atoms with E-state index in [0.29, 0.717) is 0 Å². The summed E-state index contributed by atoms with van der Waals surface area (Å²) < 4.78 is 2.16. The molecule has 1 heterocycles. The van der Waals surface area contributed by atoms with Crippen molar-refractivity contribution in [2.24, 2.45) is 0 Å². The van der Waals surface area contributed by atoms with Crippen LogP contribution in [0.4, 0.5) is 5.69 Å². The molecule has 0 atom stereocenters. The van der Waals surface area contributed by atoms with Crippen LogP contribution in [-0.4, -0.2) is 0 Å². The molecule has 84 valence electrons. The molecule has 0 fully saturated rings. The van der Waals surface area contributed by atoms with Crippen molar-refractivity contribution >= 4 is 5.69 Å². The molecule has 1 aromatic heterocycles. The van der Waals surface area contributed by atoms with Gasteiger partial charge in [-0.15, -0.1) is 0 Å². The summed E-state index contributed by atoms with van der Waals surface area (Å²) >= 11 is 0. The van der Waals surface area contributed by atoms with Gasteiger partial charge in [-0.3, -0.25) is 0 Å². The molecule has 0 aliphatic heterocycles. The van der Waals surface area contributed by atoms with Gasteiger partial charge in [0.1, 0.15) is 0 Å². The Bertz CT molecular complexity index is 425. The molecule has 2 rings (SSSR count). The van der Waals surface area contributed by atoms with Crippen LogP contribution in [0.2, 0.25) is 0 Å². The predicted octanol–water partition coefficient (Wildman–Crippen LogP) is -1.08. The van der Waals surface area contributed by atoms with Crippen LogP contribution in [-0.2, 0) is 6.54 Å². The van der Waals surface area contributed by atoms with E-state index in [0.717, 1.165) is 12.2 Å². The van der Waals surface area contributed by atoms with Gasteiger partial charge in [-0.25, -0.2) is 4.57 Å². The number of nitrogens with two attached hydrogens (primary N) is 1. The van der Waals surface area contributed by atoms with Crippen molar-refractivity contribution in [2.45, 2.75) is 13.5 Å². The standard InChI is InChI=1S/C13H15N2.ClH/c1-11-4-3-7-15(9-11)10-12-5-2-6-13(14)8-12;/h2-9H,10,14H2,1H3;1H/q+1;/p-1. The fraction of sp³-hybridized carbons (Fsp3) is 0.154. The lowest BCUT2D eigenvalue weighted by Gasteiger charge is -1.99. The zero-order valence-electron chi connectivity index (χ0n) is 9.23. The first-order chi connectivity index (χ1) is 7.24. The molecular formula is C13H15ClN2. The second kappa shape index (κ2) is 5.52. The first-order valence-electron chi connectivity index (χ1n) is 5.04. The Morgan fingerprint density at radius 3 is 2.69 bits per heavy atom. The summed E-state index contributed by atoms with van der Waals surface area (Å²) in [7, 11) is 0. The predicted molar refractivity (Wildman–Crippen MR) is 61.3 cm³/mol. The number of aromatic nitrogens is 1. The maximum Gasteiger partial charge on any atom is 0.173 e. The highest BCUT2D eigenvalue weighted by atomic mass is 35.5. The van der Waals surface area contributed by atoms with Gasteiger partial charge in [0, 0.05) is 22.9 Å². The number of anilines is 1. The van der Waals surface area contributed by atoms with Gasteiger partial charge >= 0.3 is 0 Å². The van der Waals surface area contributed by atoms with E-state index in [4.69, 9.17) is 5.73 Å². The monoisotopic (exact) mass is 234 g/mol. The highest BCUT2D eigenvalue weighted by molar-refractivity contribution is 5.40. The molecule has 16 heavy (non-hydrogen) atoms. The highest BCUT2D eigenvalue weighted by Crippen LogP contribution is 2.05. The maximum atomic E-state index is 5.73. The van der Waals surface area contributed by atoms with Crippen LogP contribution in [0.1, 0.15) is 11.1 Å². The quantitative estimate of drug-likeness (QED) is 0.520. The van der Waals surface area contributed by atoms with E-state index in [-0.39, 0.29) is 12.4 Å². The molecule has 2 nitrogen and oxygen atoms in total. The van der Waals surface area contributed by atoms with Crippen LogP contribution < -0.4 is 22.7 Å². The summed E-state index contributed by atoms with van der Waals surface area (Å²) in [5.74, 6) is 0. The molecular weight excluding hydrogens is 220 g/mol. The third-order valence-corrected chi connectivity index (χ3v) is 2.32. The SMILES string of the molecule is Cc1ccc[n+](Cc2cccc(N)c2)c1.[Cl-]. The van der Waals surface area contributed by atoms with E-state index < -0.39 is 0 Å². The molecule has 0 saturated heterocycles. The van der Waals surface area contributed by atoms with Crippen molar-refractivity contribution in [1.29, 1.82) is 0 Å². The lowest BCUT2D eigenvalue weighted by atomic mass is 10.2. The summed E-state index contributed by atoms with van der Waals surface area (Å²) in [6.07, 6.45) is 4.19. The molecule has 0 unspecified atom stereocenters. The Balaban J connectivity index is 0.00000128. The topological polar surface area (TPSA) is 29.9 Å². The molecule has 3 heteroatoms. The number of pyridine rings is 1. The van der Waals surface area contributed by atoms with Gasteiger partial charge in [0.2, 0.25) is 0 Å². The van der Waals surface area contributed by atoms with Crippen LogP contribution in [0.3, 0.4) is 0 Å². The summed E-state index contributed by atoms with van der Waals surface area (Å²) in [4.78, 5) is 0. The minimum atomic E-state index is 0. The fourth-order valence-corrected chi connectivity index (χ4v) is 1.65. The maximum absolute atomic E-state index is 5.73. The average molecular weight is 235 g/mol. The molecule has 0 aliphatic carbocycles. The smallest absolute Gasteiger partial charge is 0.173 e. The minimum Gasteiger partial charge on any atom is -1.00 e. The van der Waals surface area contributed by atoms with Gasteiger partial charge in [-0.2, -0.15) is 0 Å². The fourth-order valence-electron chi connectivity index (χ4n) is 1.65. The molecule has 0 bridgehead atoms. The number of nitrogens with zero attached hydrogens (tertiary/aromatic N) is 1. The zero-order chi connectivity index (χ0) is 10.7. The van der Waals surface area contributed by atoms with E-state index in [9.17, 15) is 0 Å². The third kappa shape index (κ3) is 3.24. The summed E-state index contributed by atoms with van der Waals surface area (Å²) in [6, 6.07) is 12.1. The lowest BCUT2D eigenvalue weighted by Crippen LogP contribution is -3.00. The summed E-state index contributed by atoms with van der Waals surface area (Å²) in [5.41, 5.74) is 9.05. The Kier molecular flexibility index (Phi) is 4.32. The van der Waals surface area contributed by atoms with Crippen molar-refractivity contribution in [3.05, 3.63) is 59.9 Å². The average Bonchev–Trinajstić information content (AvgIpc) is 2.17. The minimum absolute atomic E-state index is 0. The van der Waals surface area contributed by atoms with Crippen LogP contribution in [0.5, 0.6) is 0 Å². The largest absolute Gasteiger partial charge is 1.00 e.